The maximum Gasteiger partial charge on any atom is 0.224 e. The summed E-state index contributed by atoms with van der Waals surface area (Å²) in [7, 11) is 0. The first-order chi connectivity index (χ1) is 15.0. The van der Waals surface area contributed by atoms with Gasteiger partial charge in [0.15, 0.2) is 0 Å². The Morgan fingerprint density at radius 1 is 1.34 bits per heavy atom. The van der Waals surface area contributed by atoms with E-state index < -0.39 is 17.6 Å². The van der Waals surface area contributed by atoms with Crippen LogP contribution in [0.1, 0.15) is 58.4 Å². The van der Waals surface area contributed by atoms with Crippen molar-refractivity contribution in [1.29, 1.82) is 5.26 Å². The van der Waals surface area contributed by atoms with E-state index in [4.69, 9.17) is 11.6 Å². The van der Waals surface area contributed by atoms with Crippen LogP contribution in [0, 0.1) is 29.1 Å². The molecule has 1 aromatic carbocycles. The third kappa shape index (κ3) is 7.61. The van der Waals surface area contributed by atoms with Gasteiger partial charge in [0.25, 0.3) is 0 Å². The normalized spacial score (nSPS) is 19.5. The van der Waals surface area contributed by atoms with Gasteiger partial charge < -0.3 is 15.7 Å². The lowest BCUT2D eigenvalue weighted by molar-refractivity contribution is -0.132. The predicted octanol–water partition coefficient (Wildman–Crippen LogP) is 3.09. The number of rotatable bonds is 11. The van der Waals surface area contributed by atoms with E-state index in [2.05, 4.69) is 16.7 Å². The Kier molecular flexibility index (Phi) is 9.23. The molecule has 1 fully saturated rings. The van der Waals surface area contributed by atoms with Gasteiger partial charge in [0.05, 0.1) is 11.7 Å². The number of hydrogen-bond donors (Lipinski definition) is 3. The average Bonchev–Trinajstić information content (AvgIpc) is 3.10. The molecule has 4 atom stereocenters. The monoisotopic (exact) mass is 461 g/mol. The molecule has 0 aliphatic carbocycles. The average molecular weight is 462 g/mol. The van der Waals surface area contributed by atoms with E-state index >= 15 is 0 Å². The number of amides is 2. The van der Waals surface area contributed by atoms with Gasteiger partial charge in [-0.3, -0.25) is 14.4 Å². The lowest BCUT2D eigenvalue weighted by Crippen LogP contribution is -2.41. The van der Waals surface area contributed by atoms with Crippen LogP contribution in [-0.2, 0) is 20.0 Å². The SMILES string of the molecule is CC(C)C[C@H](CC(=O)C[C@](C)(O)c1ccc(Cl)cc1)C(=O)N[C@H](C#N)C[C@@H]1CCNC1=O. The quantitative estimate of drug-likeness (QED) is 0.467. The van der Waals surface area contributed by atoms with Crippen LogP contribution < -0.4 is 10.6 Å². The highest BCUT2D eigenvalue weighted by Crippen LogP contribution is 2.28. The minimum absolute atomic E-state index is 0.0319. The van der Waals surface area contributed by atoms with Crippen molar-refractivity contribution in [2.24, 2.45) is 17.8 Å². The van der Waals surface area contributed by atoms with Gasteiger partial charge in [-0.15, -0.1) is 0 Å². The van der Waals surface area contributed by atoms with Gasteiger partial charge in [-0.2, -0.15) is 5.26 Å². The van der Waals surface area contributed by atoms with E-state index in [9.17, 15) is 24.8 Å². The Bertz CT molecular complexity index is 861. The number of ketones is 1. The number of benzene rings is 1. The summed E-state index contributed by atoms with van der Waals surface area (Å²) in [5.74, 6) is -1.46. The van der Waals surface area contributed by atoms with Crippen molar-refractivity contribution in [2.75, 3.05) is 6.54 Å². The Balaban J connectivity index is 2.02. The lowest BCUT2D eigenvalue weighted by Gasteiger charge is -2.25. The molecule has 1 aromatic rings. The Labute approximate surface area is 194 Å². The maximum atomic E-state index is 12.9. The second kappa shape index (κ2) is 11.4. The second-order valence-corrected chi connectivity index (χ2v) is 9.67. The number of Topliss-reactive ketones (excluding diaryl/α,β-unsaturated/α-hetero) is 1. The minimum atomic E-state index is -1.38. The van der Waals surface area contributed by atoms with Gasteiger partial charge in [0, 0.05) is 36.2 Å². The Morgan fingerprint density at radius 2 is 2.00 bits per heavy atom. The fourth-order valence-corrected chi connectivity index (χ4v) is 4.21. The molecule has 0 spiro atoms. The molecule has 1 aliphatic heterocycles. The largest absolute Gasteiger partial charge is 0.385 e. The summed E-state index contributed by atoms with van der Waals surface area (Å²) in [6.07, 6.45) is 1.20. The van der Waals surface area contributed by atoms with Gasteiger partial charge in [-0.05, 0) is 49.8 Å². The van der Waals surface area contributed by atoms with Crippen LogP contribution in [0.25, 0.3) is 0 Å². The number of carbonyl (C=O) groups excluding carboxylic acids is 3. The number of carbonyl (C=O) groups is 3. The first-order valence-corrected chi connectivity index (χ1v) is 11.4. The van der Waals surface area contributed by atoms with Crippen molar-refractivity contribution in [2.45, 2.75) is 64.5 Å². The fourth-order valence-electron chi connectivity index (χ4n) is 4.08. The van der Waals surface area contributed by atoms with Crippen molar-refractivity contribution < 1.29 is 19.5 Å². The van der Waals surface area contributed by atoms with Crippen LogP contribution in [0.15, 0.2) is 24.3 Å². The first-order valence-electron chi connectivity index (χ1n) is 11.0. The molecule has 7 nitrogen and oxygen atoms in total. The van der Waals surface area contributed by atoms with Gasteiger partial charge in [-0.1, -0.05) is 37.6 Å². The van der Waals surface area contributed by atoms with E-state index in [1.807, 2.05) is 13.8 Å². The first kappa shape index (κ1) is 25.8. The lowest BCUT2D eigenvalue weighted by atomic mass is 9.85. The Hall–Kier alpha value is -2.43. The summed E-state index contributed by atoms with van der Waals surface area (Å²) in [6.45, 7) is 6.05. The molecule has 3 N–H and O–H groups in total. The van der Waals surface area contributed by atoms with Crippen molar-refractivity contribution in [3.8, 4) is 6.07 Å². The van der Waals surface area contributed by atoms with Crippen LogP contribution in [0.3, 0.4) is 0 Å². The summed E-state index contributed by atoms with van der Waals surface area (Å²) in [5.41, 5.74) is -0.814. The minimum Gasteiger partial charge on any atom is -0.385 e. The molecule has 2 amide bonds. The van der Waals surface area contributed by atoms with E-state index in [-0.39, 0.29) is 48.7 Å². The van der Waals surface area contributed by atoms with Crippen LogP contribution in [0.5, 0.6) is 0 Å². The fraction of sp³-hybridized carbons (Fsp3) is 0.583. The van der Waals surface area contributed by atoms with Crippen LogP contribution >= 0.6 is 11.6 Å². The van der Waals surface area contributed by atoms with E-state index in [0.29, 0.717) is 30.0 Å². The standard InChI is InChI=1S/C24H32ClN3O4/c1-15(2)10-17(23(31)28-20(14-26)11-16-8-9-27-22(16)30)12-21(29)13-24(3,32)18-4-6-19(25)7-5-18/h4-7,15-17,20,32H,8-13H2,1-3H3,(H,27,30)(H,28,31)/t16-,17+,20-,24-/m0/s1. The van der Waals surface area contributed by atoms with Crippen molar-refractivity contribution in [3.05, 3.63) is 34.9 Å². The summed E-state index contributed by atoms with van der Waals surface area (Å²) in [5, 5.41) is 26.2. The van der Waals surface area contributed by atoms with E-state index in [1.165, 1.54) is 0 Å². The number of nitrogens with zero attached hydrogens (tertiary/aromatic N) is 1. The Morgan fingerprint density at radius 3 is 2.53 bits per heavy atom. The number of nitriles is 1. The highest BCUT2D eigenvalue weighted by Gasteiger charge is 2.32. The molecule has 174 valence electrons. The van der Waals surface area contributed by atoms with Crippen LogP contribution in [0.4, 0.5) is 0 Å². The predicted molar refractivity (Wildman–Crippen MR) is 121 cm³/mol. The van der Waals surface area contributed by atoms with E-state index in [0.717, 1.165) is 0 Å². The van der Waals surface area contributed by atoms with E-state index in [1.54, 1.807) is 31.2 Å². The number of nitrogens with one attached hydrogen (secondary N) is 2. The molecule has 0 bridgehead atoms. The number of aliphatic hydroxyl groups is 1. The van der Waals surface area contributed by atoms with Crippen LogP contribution in [-0.4, -0.2) is 35.3 Å². The second-order valence-electron chi connectivity index (χ2n) is 9.23. The summed E-state index contributed by atoms with van der Waals surface area (Å²) < 4.78 is 0. The van der Waals surface area contributed by atoms with Gasteiger partial charge in [0.2, 0.25) is 11.8 Å². The molecule has 2 rings (SSSR count). The molecule has 0 aromatic heterocycles. The molecule has 1 saturated heterocycles. The molecule has 1 aliphatic rings. The molecule has 1 heterocycles. The molecular weight excluding hydrogens is 430 g/mol. The van der Waals surface area contributed by atoms with Crippen LogP contribution in [0.2, 0.25) is 5.02 Å². The van der Waals surface area contributed by atoms with Gasteiger partial charge >= 0.3 is 0 Å². The van der Waals surface area contributed by atoms with Crippen molar-refractivity contribution >= 4 is 29.2 Å². The van der Waals surface area contributed by atoms with Crippen molar-refractivity contribution in [3.63, 3.8) is 0 Å². The topological polar surface area (TPSA) is 119 Å². The third-order valence-electron chi connectivity index (χ3n) is 5.76. The van der Waals surface area contributed by atoms with Gasteiger partial charge in [0.1, 0.15) is 11.8 Å². The van der Waals surface area contributed by atoms with Crippen molar-refractivity contribution in [1.82, 2.24) is 10.6 Å². The zero-order chi connectivity index (χ0) is 23.9. The summed E-state index contributed by atoms with van der Waals surface area (Å²) in [4.78, 5) is 37.5. The molecule has 0 radical (unpaired) electrons. The third-order valence-corrected chi connectivity index (χ3v) is 6.02. The summed E-state index contributed by atoms with van der Waals surface area (Å²) >= 11 is 5.90. The summed E-state index contributed by atoms with van der Waals surface area (Å²) in [6, 6.07) is 7.91. The smallest absolute Gasteiger partial charge is 0.224 e. The molecule has 32 heavy (non-hydrogen) atoms. The molecule has 0 unspecified atom stereocenters. The van der Waals surface area contributed by atoms with Gasteiger partial charge in [-0.25, -0.2) is 0 Å². The number of halogens is 1. The highest BCUT2D eigenvalue weighted by atomic mass is 35.5. The maximum absolute atomic E-state index is 12.9. The molecule has 8 heteroatoms. The highest BCUT2D eigenvalue weighted by molar-refractivity contribution is 6.30. The zero-order valence-electron chi connectivity index (χ0n) is 18.9. The molecule has 0 saturated carbocycles. The zero-order valence-corrected chi connectivity index (χ0v) is 19.6. The number of hydrogen-bond acceptors (Lipinski definition) is 5. The molecular formula is C24H32ClN3O4.